The molecule has 1 heterocycles. The number of aliphatic carboxylic acids is 1. The largest absolute Gasteiger partial charge is 0.480 e. The molecule has 0 aliphatic carbocycles. The number of amides is 2. The van der Waals surface area contributed by atoms with Gasteiger partial charge in [-0.25, -0.2) is 14.6 Å². The van der Waals surface area contributed by atoms with Gasteiger partial charge in [-0.3, -0.25) is 0 Å². The molecule has 0 saturated carbocycles. The molecule has 0 saturated heterocycles. The maximum Gasteiger partial charge on any atom is 0.326 e. The maximum atomic E-state index is 12.3. The zero-order valence-electron chi connectivity index (χ0n) is 14.0. The Morgan fingerprint density at radius 2 is 2.12 bits per heavy atom. The summed E-state index contributed by atoms with van der Waals surface area (Å²) in [7, 11) is 3.52. The van der Waals surface area contributed by atoms with Crippen LogP contribution in [0.1, 0.15) is 12.2 Å². The van der Waals surface area contributed by atoms with E-state index < -0.39 is 18.0 Å². The van der Waals surface area contributed by atoms with Crippen LogP contribution in [0.5, 0.6) is 0 Å². The van der Waals surface area contributed by atoms with Gasteiger partial charge in [-0.2, -0.15) is 11.8 Å². The second-order valence-electron chi connectivity index (χ2n) is 5.55. The Kier molecular flexibility index (Phi) is 6.08. The number of carbonyl (C=O) groups excluding carboxylic acids is 1. The molecular formula is C16H22N4O3S. The molecule has 1 atom stereocenters. The molecule has 1 aromatic heterocycles. The highest BCUT2D eigenvalue weighted by Gasteiger charge is 2.22. The predicted octanol–water partition coefficient (Wildman–Crippen LogP) is 1.92. The number of para-hydroxylation sites is 2. The molecule has 2 N–H and O–H groups in total. The summed E-state index contributed by atoms with van der Waals surface area (Å²) in [5.41, 5.74) is 1.86. The van der Waals surface area contributed by atoms with Gasteiger partial charge >= 0.3 is 12.0 Å². The fourth-order valence-corrected chi connectivity index (χ4v) is 2.84. The van der Waals surface area contributed by atoms with Gasteiger partial charge < -0.3 is 19.9 Å². The van der Waals surface area contributed by atoms with Crippen molar-refractivity contribution in [2.75, 3.05) is 19.1 Å². The summed E-state index contributed by atoms with van der Waals surface area (Å²) in [4.78, 5) is 29.5. The molecule has 130 valence electrons. The highest BCUT2D eigenvalue weighted by molar-refractivity contribution is 7.98. The number of aromatic nitrogens is 2. The van der Waals surface area contributed by atoms with Crippen molar-refractivity contribution in [2.45, 2.75) is 19.0 Å². The van der Waals surface area contributed by atoms with Crippen molar-refractivity contribution in [3.05, 3.63) is 30.1 Å². The highest BCUT2D eigenvalue weighted by Crippen LogP contribution is 2.15. The fraction of sp³-hybridized carbons (Fsp3) is 0.438. The van der Waals surface area contributed by atoms with Crippen molar-refractivity contribution >= 4 is 34.8 Å². The Morgan fingerprint density at radius 3 is 2.75 bits per heavy atom. The number of urea groups is 1. The van der Waals surface area contributed by atoms with Gasteiger partial charge in [0.1, 0.15) is 11.9 Å². The van der Waals surface area contributed by atoms with Crippen LogP contribution in [0.25, 0.3) is 11.0 Å². The average Bonchev–Trinajstić information content (AvgIpc) is 2.87. The first kappa shape index (κ1) is 18.1. The molecule has 0 spiro atoms. The van der Waals surface area contributed by atoms with Crippen molar-refractivity contribution in [1.29, 1.82) is 0 Å². The number of hydrogen-bond acceptors (Lipinski definition) is 4. The zero-order valence-corrected chi connectivity index (χ0v) is 14.8. The Hall–Kier alpha value is -2.22. The first-order valence-electron chi connectivity index (χ1n) is 7.57. The summed E-state index contributed by atoms with van der Waals surface area (Å²) in [6, 6.07) is 6.44. The third kappa shape index (κ3) is 4.19. The third-order valence-electron chi connectivity index (χ3n) is 3.81. The van der Waals surface area contributed by atoms with Gasteiger partial charge in [0.05, 0.1) is 17.6 Å². The summed E-state index contributed by atoms with van der Waals surface area (Å²) in [5.74, 6) is 0.393. The van der Waals surface area contributed by atoms with Crippen LogP contribution in [-0.2, 0) is 18.4 Å². The number of nitrogens with zero attached hydrogens (tertiary/aromatic N) is 3. The minimum absolute atomic E-state index is 0.298. The Labute approximate surface area is 145 Å². The van der Waals surface area contributed by atoms with Gasteiger partial charge in [-0.05, 0) is 30.6 Å². The molecule has 2 amide bonds. The predicted molar refractivity (Wildman–Crippen MR) is 95.1 cm³/mol. The van der Waals surface area contributed by atoms with Crippen LogP contribution >= 0.6 is 11.8 Å². The number of benzene rings is 1. The normalized spacial score (nSPS) is 12.1. The van der Waals surface area contributed by atoms with E-state index in [1.54, 1.807) is 18.8 Å². The summed E-state index contributed by atoms with van der Waals surface area (Å²) >= 11 is 1.55. The third-order valence-corrected chi connectivity index (χ3v) is 4.46. The standard InChI is InChI=1S/C16H22N4O3S/c1-19(16(23)18-12(15(21)22)8-9-24-3)10-14-17-11-6-4-5-7-13(11)20(14)2/h4-7,12H,8-10H2,1-3H3,(H,18,23)(H,21,22)/t12-/m0/s1. The molecule has 24 heavy (non-hydrogen) atoms. The number of nitrogens with one attached hydrogen (secondary N) is 1. The van der Waals surface area contributed by atoms with Gasteiger partial charge in [0, 0.05) is 14.1 Å². The molecule has 1 aromatic carbocycles. The second-order valence-corrected chi connectivity index (χ2v) is 6.54. The van der Waals surface area contributed by atoms with Crippen molar-refractivity contribution in [2.24, 2.45) is 7.05 Å². The number of carboxylic acid groups (broad SMARTS) is 1. The highest BCUT2D eigenvalue weighted by atomic mass is 32.2. The summed E-state index contributed by atoms with van der Waals surface area (Å²) < 4.78 is 1.93. The van der Waals surface area contributed by atoms with Crippen LogP contribution in [-0.4, -0.2) is 56.7 Å². The van der Waals surface area contributed by atoms with Gasteiger partial charge in [-0.15, -0.1) is 0 Å². The maximum absolute atomic E-state index is 12.3. The molecule has 0 fully saturated rings. The minimum Gasteiger partial charge on any atom is -0.480 e. The number of aryl methyl sites for hydroxylation is 1. The number of imidazole rings is 1. The second kappa shape index (κ2) is 8.05. The molecular weight excluding hydrogens is 328 g/mol. The smallest absolute Gasteiger partial charge is 0.326 e. The van der Waals surface area contributed by atoms with E-state index in [0.29, 0.717) is 18.7 Å². The molecule has 2 aromatic rings. The molecule has 0 aliphatic heterocycles. The number of carbonyl (C=O) groups is 2. The first-order valence-corrected chi connectivity index (χ1v) is 8.97. The molecule has 0 bridgehead atoms. The van der Waals surface area contributed by atoms with Crippen LogP contribution in [0.3, 0.4) is 0 Å². The molecule has 0 aliphatic rings. The van der Waals surface area contributed by atoms with Gasteiger partial charge in [-0.1, -0.05) is 12.1 Å². The van der Waals surface area contributed by atoms with Gasteiger partial charge in [0.2, 0.25) is 0 Å². The van der Waals surface area contributed by atoms with Crippen molar-refractivity contribution in [1.82, 2.24) is 19.8 Å². The van der Waals surface area contributed by atoms with Crippen molar-refractivity contribution in [3.8, 4) is 0 Å². The van der Waals surface area contributed by atoms with E-state index in [0.717, 1.165) is 16.9 Å². The Morgan fingerprint density at radius 1 is 1.42 bits per heavy atom. The van der Waals surface area contributed by atoms with Crippen molar-refractivity contribution in [3.63, 3.8) is 0 Å². The summed E-state index contributed by atoms with van der Waals surface area (Å²) in [6.45, 7) is 0.298. The van der Waals surface area contributed by atoms with E-state index in [2.05, 4.69) is 10.3 Å². The lowest BCUT2D eigenvalue weighted by Gasteiger charge is -2.21. The number of hydrogen-bond donors (Lipinski definition) is 2. The molecule has 0 unspecified atom stereocenters. The average molecular weight is 350 g/mol. The number of thioether (sulfide) groups is 1. The van der Waals surface area contributed by atoms with E-state index in [1.807, 2.05) is 42.1 Å². The van der Waals surface area contributed by atoms with Crippen LogP contribution in [0.4, 0.5) is 4.79 Å². The molecule has 7 nitrogen and oxygen atoms in total. The summed E-state index contributed by atoms with van der Waals surface area (Å²) in [5, 5.41) is 11.8. The van der Waals surface area contributed by atoms with E-state index in [9.17, 15) is 14.7 Å². The van der Waals surface area contributed by atoms with E-state index in [1.165, 1.54) is 4.90 Å². The first-order chi connectivity index (χ1) is 11.4. The van der Waals surface area contributed by atoms with E-state index >= 15 is 0 Å². The van der Waals surface area contributed by atoms with Crippen LogP contribution in [0.15, 0.2) is 24.3 Å². The van der Waals surface area contributed by atoms with E-state index in [4.69, 9.17) is 0 Å². The summed E-state index contributed by atoms with van der Waals surface area (Å²) in [6.07, 6.45) is 2.29. The molecule has 8 heteroatoms. The molecule has 0 radical (unpaired) electrons. The quantitative estimate of drug-likeness (QED) is 0.797. The topological polar surface area (TPSA) is 87.5 Å². The fourth-order valence-electron chi connectivity index (χ4n) is 2.37. The lowest BCUT2D eigenvalue weighted by molar-refractivity contribution is -0.139. The Bertz CT molecular complexity index is 731. The van der Waals surface area contributed by atoms with Gasteiger partial charge in [0.15, 0.2) is 0 Å². The minimum atomic E-state index is -1.02. The number of carboxylic acids is 1. The van der Waals surface area contributed by atoms with Crippen LogP contribution in [0.2, 0.25) is 0 Å². The molecule has 2 rings (SSSR count). The monoisotopic (exact) mass is 350 g/mol. The number of rotatable bonds is 7. The lowest BCUT2D eigenvalue weighted by atomic mass is 10.2. The Balaban J connectivity index is 2.04. The van der Waals surface area contributed by atoms with Crippen LogP contribution < -0.4 is 5.32 Å². The van der Waals surface area contributed by atoms with Crippen LogP contribution in [0, 0.1) is 0 Å². The lowest BCUT2D eigenvalue weighted by Crippen LogP contribution is -2.46. The van der Waals surface area contributed by atoms with Crippen molar-refractivity contribution < 1.29 is 14.7 Å². The number of fused-ring (bicyclic) bond motifs is 1. The van der Waals surface area contributed by atoms with Gasteiger partial charge in [0.25, 0.3) is 0 Å². The SMILES string of the molecule is CSCC[C@H](NC(=O)N(C)Cc1nc2ccccc2n1C)C(=O)O. The van der Waals surface area contributed by atoms with E-state index in [-0.39, 0.29) is 0 Å². The zero-order chi connectivity index (χ0) is 17.7.